The lowest BCUT2D eigenvalue weighted by Gasteiger charge is -2.22. The summed E-state index contributed by atoms with van der Waals surface area (Å²) in [4.78, 5) is 13.8. The number of amides is 1. The lowest BCUT2D eigenvalue weighted by atomic mass is 10.1. The Balaban J connectivity index is 3.02. The standard InChI is InChI=1S/C13H19N3O3/c1-3-7-16(8-11(14)15-19)13(18)10-6-4-5-9(2)12(10)17/h4-6,17,19H,3,7-8H2,1-2H3,(H2,14,15). The third-order valence-corrected chi connectivity index (χ3v) is 2.73. The molecule has 0 unspecified atom stereocenters. The van der Waals surface area contributed by atoms with Gasteiger partial charge in [0.1, 0.15) is 5.75 Å². The maximum absolute atomic E-state index is 12.3. The largest absolute Gasteiger partial charge is 0.507 e. The van der Waals surface area contributed by atoms with E-state index in [1.54, 1.807) is 25.1 Å². The molecule has 0 atom stereocenters. The van der Waals surface area contributed by atoms with Crippen LogP contribution >= 0.6 is 0 Å². The minimum atomic E-state index is -0.338. The topological polar surface area (TPSA) is 99.1 Å². The average molecular weight is 265 g/mol. The van der Waals surface area contributed by atoms with Crippen LogP contribution in [-0.2, 0) is 0 Å². The SMILES string of the molecule is CCCN(CC(N)=NO)C(=O)c1cccc(C)c1O. The number of hydrogen-bond acceptors (Lipinski definition) is 4. The van der Waals surface area contributed by atoms with E-state index in [9.17, 15) is 9.90 Å². The lowest BCUT2D eigenvalue weighted by Crippen LogP contribution is -2.39. The Bertz CT molecular complexity index is 486. The third-order valence-electron chi connectivity index (χ3n) is 2.73. The van der Waals surface area contributed by atoms with Crippen molar-refractivity contribution in [2.24, 2.45) is 10.9 Å². The second-order valence-electron chi connectivity index (χ2n) is 4.29. The number of phenols is 1. The van der Waals surface area contributed by atoms with Crippen LogP contribution in [0.25, 0.3) is 0 Å². The van der Waals surface area contributed by atoms with Crippen LogP contribution in [-0.4, -0.2) is 40.0 Å². The second-order valence-corrected chi connectivity index (χ2v) is 4.29. The van der Waals surface area contributed by atoms with Gasteiger partial charge in [0.05, 0.1) is 12.1 Å². The molecular weight excluding hydrogens is 246 g/mol. The molecule has 0 aliphatic rings. The van der Waals surface area contributed by atoms with Gasteiger partial charge >= 0.3 is 0 Å². The normalized spacial score (nSPS) is 11.4. The number of rotatable bonds is 5. The van der Waals surface area contributed by atoms with Gasteiger partial charge in [-0.1, -0.05) is 24.2 Å². The zero-order chi connectivity index (χ0) is 14.4. The predicted molar refractivity (Wildman–Crippen MR) is 72.4 cm³/mol. The molecule has 0 bridgehead atoms. The molecule has 104 valence electrons. The van der Waals surface area contributed by atoms with Crippen molar-refractivity contribution >= 4 is 11.7 Å². The summed E-state index contributed by atoms with van der Waals surface area (Å²) < 4.78 is 0. The number of para-hydroxylation sites is 1. The molecule has 0 aliphatic heterocycles. The molecule has 1 amide bonds. The number of oxime groups is 1. The van der Waals surface area contributed by atoms with Crippen molar-refractivity contribution in [3.63, 3.8) is 0 Å². The van der Waals surface area contributed by atoms with E-state index in [4.69, 9.17) is 10.9 Å². The number of aryl methyl sites for hydroxylation is 1. The number of nitrogens with two attached hydrogens (primary N) is 1. The van der Waals surface area contributed by atoms with Crippen molar-refractivity contribution < 1.29 is 15.1 Å². The zero-order valence-electron chi connectivity index (χ0n) is 11.1. The van der Waals surface area contributed by atoms with Crippen molar-refractivity contribution in [1.82, 2.24) is 4.90 Å². The molecule has 0 aliphatic carbocycles. The lowest BCUT2D eigenvalue weighted by molar-refractivity contribution is 0.0775. The summed E-state index contributed by atoms with van der Waals surface area (Å²) in [6, 6.07) is 4.98. The monoisotopic (exact) mass is 265 g/mol. The number of carbonyl (C=O) groups excluding carboxylic acids is 1. The minimum absolute atomic E-state index is 0.0244. The van der Waals surface area contributed by atoms with E-state index in [2.05, 4.69) is 5.16 Å². The molecule has 6 nitrogen and oxygen atoms in total. The van der Waals surface area contributed by atoms with Crippen LogP contribution in [0, 0.1) is 6.92 Å². The fraction of sp³-hybridized carbons (Fsp3) is 0.385. The van der Waals surface area contributed by atoms with Crippen LogP contribution in [0.2, 0.25) is 0 Å². The molecule has 6 heteroatoms. The van der Waals surface area contributed by atoms with E-state index < -0.39 is 0 Å². The Kier molecular flexibility index (Phi) is 5.17. The predicted octanol–water partition coefficient (Wildman–Crippen LogP) is 1.30. The fourth-order valence-corrected chi connectivity index (χ4v) is 1.75. The first kappa shape index (κ1) is 14.8. The number of amidine groups is 1. The van der Waals surface area contributed by atoms with Gasteiger partial charge in [0.15, 0.2) is 5.84 Å². The molecule has 1 aromatic carbocycles. The molecule has 0 radical (unpaired) electrons. The second kappa shape index (κ2) is 6.63. The summed E-state index contributed by atoms with van der Waals surface area (Å²) in [5.74, 6) is -0.420. The third kappa shape index (κ3) is 3.61. The van der Waals surface area contributed by atoms with Gasteiger partial charge in [-0.15, -0.1) is 0 Å². The molecule has 0 saturated carbocycles. The van der Waals surface area contributed by atoms with Crippen LogP contribution in [0.1, 0.15) is 29.3 Å². The van der Waals surface area contributed by atoms with E-state index in [1.807, 2.05) is 6.92 Å². The molecule has 4 N–H and O–H groups in total. The van der Waals surface area contributed by atoms with Gasteiger partial charge in [-0.2, -0.15) is 0 Å². The van der Waals surface area contributed by atoms with Crippen LogP contribution < -0.4 is 5.73 Å². The highest BCUT2D eigenvalue weighted by molar-refractivity contribution is 5.99. The fourth-order valence-electron chi connectivity index (χ4n) is 1.75. The number of nitrogens with zero attached hydrogens (tertiary/aromatic N) is 2. The number of benzene rings is 1. The molecule has 0 spiro atoms. The molecule has 0 fully saturated rings. The Morgan fingerprint density at radius 3 is 2.74 bits per heavy atom. The molecule has 0 heterocycles. The summed E-state index contributed by atoms with van der Waals surface area (Å²) in [6.07, 6.45) is 0.733. The van der Waals surface area contributed by atoms with Gasteiger partial charge in [0.2, 0.25) is 0 Å². The smallest absolute Gasteiger partial charge is 0.258 e. The van der Waals surface area contributed by atoms with Crippen molar-refractivity contribution in [2.75, 3.05) is 13.1 Å². The van der Waals surface area contributed by atoms with Gasteiger partial charge in [-0.25, -0.2) is 0 Å². The van der Waals surface area contributed by atoms with Crippen molar-refractivity contribution in [3.8, 4) is 5.75 Å². The van der Waals surface area contributed by atoms with Gasteiger partial charge in [0, 0.05) is 6.54 Å². The van der Waals surface area contributed by atoms with E-state index in [0.717, 1.165) is 6.42 Å². The molecule has 0 saturated heterocycles. The number of carbonyl (C=O) groups is 1. The number of aromatic hydroxyl groups is 1. The summed E-state index contributed by atoms with van der Waals surface area (Å²) in [5.41, 5.74) is 6.28. The van der Waals surface area contributed by atoms with Crippen LogP contribution in [0.4, 0.5) is 0 Å². The van der Waals surface area contributed by atoms with E-state index in [0.29, 0.717) is 12.1 Å². The van der Waals surface area contributed by atoms with Crippen LogP contribution in [0.5, 0.6) is 5.75 Å². The highest BCUT2D eigenvalue weighted by Crippen LogP contribution is 2.22. The van der Waals surface area contributed by atoms with Gasteiger partial charge in [-0.3, -0.25) is 4.79 Å². The Labute approximate surface area is 112 Å². The van der Waals surface area contributed by atoms with Gasteiger partial charge in [-0.05, 0) is 25.0 Å². The van der Waals surface area contributed by atoms with E-state index >= 15 is 0 Å². The highest BCUT2D eigenvalue weighted by atomic mass is 16.4. The van der Waals surface area contributed by atoms with E-state index in [1.165, 1.54) is 4.90 Å². The van der Waals surface area contributed by atoms with Crippen molar-refractivity contribution in [3.05, 3.63) is 29.3 Å². The zero-order valence-corrected chi connectivity index (χ0v) is 11.1. The molecule has 1 aromatic rings. The molecule has 19 heavy (non-hydrogen) atoms. The summed E-state index contributed by atoms with van der Waals surface area (Å²) >= 11 is 0. The average Bonchev–Trinajstić information content (AvgIpc) is 2.40. The molecular formula is C13H19N3O3. The number of hydrogen-bond donors (Lipinski definition) is 3. The van der Waals surface area contributed by atoms with Gasteiger partial charge in [0.25, 0.3) is 5.91 Å². The summed E-state index contributed by atoms with van der Waals surface area (Å²) in [7, 11) is 0. The van der Waals surface area contributed by atoms with Crippen LogP contribution in [0.15, 0.2) is 23.4 Å². The van der Waals surface area contributed by atoms with Crippen LogP contribution in [0.3, 0.4) is 0 Å². The molecule has 0 aromatic heterocycles. The van der Waals surface area contributed by atoms with Crippen molar-refractivity contribution in [2.45, 2.75) is 20.3 Å². The first-order valence-corrected chi connectivity index (χ1v) is 6.05. The number of phenolic OH excluding ortho intramolecular Hbond substituents is 1. The first-order chi connectivity index (χ1) is 9.01. The molecule has 1 rings (SSSR count). The van der Waals surface area contributed by atoms with Gasteiger partial charge < -0.3 is 20.9 Å². The van der Waals surface area contributed by atoms with E-state index in [-0.39, 0.29) is 29.6 Å². The minimum Gasteiger partial charge on any atom is -0.507 e. The quantitative estimate of drug-likeness (QED) is 0.323. The first-order valence-electron chi connectivity index (χ1n) is 6.05. The van der Waals surface area contributed by atoms with Crippen molar-refractivity contribution in [1.29, 1.82) is 0 Å². The summed E-state index contributed by atoms with van der Waals surface area (Å²) in [6.45, 7) is 4.13. The Morgan fingerprint density at radius 2 is 2.16 bits per heavy atom. The highest BCUT2D eigenvalue weighted by Gasteiger charge is 2.20. The summed E-state index contributed by atoms with van der Waals surface area (Å²) in [5, 5.41) is 21.4. The Hall–Kier alpha value is -2.24. The Morgan fingerprint density at radius 1 is 1.47 bits per heavy atom. The maximum atomic E-state index is 12.3. The maximum Gasteiger partial charge on any atom is 0.258 e.